The van der Waals surface area contributed by atoms with Gasteiger partial charge in [-0.15, -0.1) is 0 Å². The van der Waals surface area contributed by atoms with Crippen LogP contribution in [0.3, 0.4) is 0 Å². The molecule has 6 nitrogen and oxygen atoms in total. The lowest BCUT2D eigenvalue weighted by atomic mass is 9.80. The summed E-state index contributed by atoms with van der Waals surface area (Å²) >= 11 is 0. The average Bonchev–Trinajstić information content (AvgIpc) is 3.34. The Morgan fingerprint density at radius 1 is 1.35 bits per heavy atom. The van der Waals surface area contributed by atoms with Crippen molar-refractivity contribution in [1.82, 2.24) is 5.48 Å². The fraction of sp³-hybridized carbons (Fsp3) is 0.560. The second-order valence-electron chi connectivity index (χ2n) is 8.95. The van der Waals surface area contributed by atoms with Crippen molar-refractivity contribution in [3.63, 3.8) is 0 Å². The molecule has 2 aliphatic rings. The van der Waals surface area contributed by atoms with E-state index in [1.54, 1.807) is 11.6 Å². The summed E-state index contributed by atoms with van der Waals surface area (Å²) in [5.74, 6) is 0.772. The molecule has 1 heterocycles. The normalized spacial score (nSPS) is 24.1. The van der Waals surface area contributed by atoms with Crippen molar-refractivity contribution in [3.05, 3.63) is 52.0 Å². The number of benzene rings is 1. The molecule has 2 unspecified atom stereocenters. The van der Waals surface area contributed by atoms with Gasteiger partial charge in [0.15, 0.2) is 0 Å². The molecule has 0 radical (unpaired) electrons. The Hall–Kier alpha value is -2.47. The first-order valence-corrected chi connectivity index (χ1v) is 11.4. The Morgan fingerprint density at radius 2 is 2.13 bits per heavy atom. The molecule has 1 fully saturated rings. The number of amides is 1. The molecular weight excluding hydrogens is 392 g/mol. The predicted octanol–water partition coefficient (Wildman–Crippen LogP) is 6.25. The van der Waals surface area contributed by atoms with E-state index in [4.69, 9.17) is 9.94 Å². The van der Waals surface area contributed by atoms with Crippen LogP contribution in [-0.2, 0) is 4.79 Å². The fourth-order valence-electron chi connectivity index (χ4n) is 4.84. The van der Waals surface area contributed by atoms with Crippen molar-refractivity contribution >= 4 is 12.0 Å². The van der Waals surface area contributed by atoms with E-state index in [1.165, 1.54) is 37.3 Å². The van der Waals surface area contributed by atoms with Crippen LogP contribution in [0, 0.1) is 10.8 Å². The van der Waals surface area contributed by atoms with Crippen molar-refractivity contribution in [1.29, 1.82) is 0 Å². The van der Waals surface area contributed by atoms with E-state index in [-0.39, 0.29) is 0 Å². The number of rotatable bonds is 9. The first-order valence-electron chi connectivity index (χ1n) is 11.4. The van der Waals surface area contributed by atoms with E-state index in [9.17, 15) is 9.70 Å². The molecule has 0 spiro atoms. The van der Waals surface area contributed by atoms with Crippen LogP contribution in [0.25, 0.3) is 6.08 Å². The monoisotopic (exact) mass is 426 g/mol. The van der Waals surface area contributed by atoms with Crippen molar-refractivity contribution < 1.29 is 14.7 Å². The van der Waals surface area contributed by atoms with Gasteiger partial charge in [-0.05, 0) is 62.3 Å². The smallest absolute Gasteiger partial charge is 0.267 e. The van der Waals surface area contributed by atoms with E-state index in [0.717, 1.165) is 36.8 Å². The predicted molar refractivity (Wildman–Crippen MR) is 122 cm³/mol. The minimum Gasteiger partial charge on any atom is -0.486 e. The zero-order chi connectivity index (χ0) is 22.3. The number of nitrogens with zero attached hydrogens (tertiary/aromatic N) is 1. The van der Waals surface area contributed by atoms with Crippen LogP contribution < -0.4 is 10.2 Å². The van der Waals surface area contributed by atoms with Gasteiger partial charge in [-0.25, -0.2) is 5.48 Å². The Morgan fingerprint density at radius 3 is 2.81 bits per heavy atom. The van der Waals surface area contributed by atoms with Gasteiger partial charge in [0.1, 0.15) is 17.4 Å². The summed E-state index contributed by atoms with van der Waals surface area (Å²) in [6.07, 6.45) is 14.7. The summed E-state index contributed by atoms with van der Waals surface area (Å²) in [7, 11) is 0. The van der Waals surface area contributed by atoms with Crippen LogP contribution in [0.1, 0.15) is 88.8 Å². The van der Waals surface area contributed by atoms with Crippen LogP contribution in [0.4, 0.5) is 0 Å². The second kappa shape index (κ2) is 10.7. The van der Waals surface area contributed by atoms with E-state index in [0.29, 0.717) is 18.1 Å². The van der Waals surface area contributed by atoms with Crippen LogP contribution in [0.2, 0.25) is 0 Å². The standard InChI is InChI=1S/C25H34N2O4/c1-3-4-14-25(15-13-18(2)20-7-5-6-8-20)17-22(26-29)21-16-19(9-11-23(21)31-25)10-12-24(28)27-30/h9-13,16,20,22,30H,3-8,14-15,17H2,1-2H3,(H,27,28)/b12-10+,18-13?. The van der Waals surface area contributed by atoms with Crippen LogP contribution in [0.5, 0.6) is 5.75 Å². The lowest BCUT2D eigenvalue weighted by Gasteiger charge is -2.40. The van der Waals surface area contributed by atoms with Gasteiger partial charge in [0.2, 0.25) is 0 Å². The fourth-order valence-corrected chi connectivity index (χ4v) is 4.84. The number of carbonyl (C=O) groups is 1. The topological polar surface area (TPSA) is 88.0 Å². The van der Waals surface area contributed by atoms with Gasteiger partial charge in [-0.1, -0.05) is 49.1 Å². The maximum atomic E-state index is 11.8. The molecule has 168 valence electrons. The first-order chi connectivity index (χ1) is 15.0. The molecule has 0 saturated heterocycles. The van der Waals surface area contributed by atoms with Gasteiger partial charge in [0.05, 0.1) is 0 Å². The summed E-state index contributed by atoms with van der Waals surface area (Å²) in [5.41, 5.74) is 4.09. The Balaban J connectivity index is 1.86. The number of hydroxylamine groups is 1. The molecule has 2 atom stereocenters. The summed E-state index contributed by atoms with van der Waals surface area (Å²) in [5, 5.41) is 12.1. The third kappa shape index (κ3) is 5.82. The third-order valence-electron chi connectivity index (χ3n) is 6.73. The number of hydrogen-bond donors (Lipinski definition) is 2. The molecule has 1 aliphatic heterocycles. The molecule has 0 aromatic heterocycles. The maximum Gasteiger partial charge on any atom is 0.267 e. The molecule has 1 amide bonds. The molecule has 1 aromatic carbocycles. The molecule has 2 N–H and O–H groups in total. The Bertz CT molecular complexity index is 842. The van der Waals surface area contributed by atoms with Crippen molar-refractivity contribution in [2.45, 2.75) is 83.3 Å². The van der Waals surface area contributed by atoms with E-state index in [2.05, 4.69) is 25.1 Å². The maximum absolute atomic E-state index is 11.8. The van der Waals surface area contributed by atoms with Crippen molar-refractivity contribution in [2.24, 2.45) is 11.1 Å². The first kappa shape index (κ1) is 23.2. The average molecular weight is 427 g/mol. The largest absolute Gasteiger partial charge is 0.486 e. The lowest BCUT2D eigenvalue weighted by molar-refractivity contribution is -0.124. The number of nitroso groups, excluding NO2 is 1. The van der Waals surface area contributed by atoms with Crippen LogP contribution in [-0.4, -0.2) is 16.7 Å². The number of unbranched alkanes of at least 4 members (excludes halogenated alkanes) is 1. The van der Waals surface area contributed by atoms with Gasteiger partial charge in [0, 0.05) is 24.5 Å². The number of ether oxygens (including phenoxy) is 1. The van der Waals surface area contributed by atoms with Crippen molar-refractivity contribution in [3.8, 4) is 5.75 Å². The van der Waals surface area contributed by atoms with E-state index in [1.807, 2.05) is 18.2 Å². The molecule has 1 aliphatic carbocycles. The number of allylic oxidation sites excluding steroid dienone is 1. The number of carbonyl (C=O) groups excluding carboxylic acids is 1. The molecule has 0 bridgehead atoms. The van der Waals surface area contributed by atoms with Crippen LogP contribution in [0.15, 0.2) is 41.1 Å². The molecule has 31 heavy (non-hydrogen) atoms. The Kier molecular flexibility index (Phi) is 8.02. The molecule has 6 heteroatoms. The highest BCUT2D eigenvalue weighted by Crippen LogP contribution is 2.46. The van der Waals surface area contributed by atoms with Crippen LogP contribution >= 0.6 is 0 Å². The summed E-state index contributed by atoms with van der Waals surface area (Å²) in [6.45, 7) is 4.40. The highest BCUT2D eigenvalue weighted by Gasteiger charge is 2.41. The minimum atomic E-state index is -0.609. The molecule has 3 rings (SSSR count). The number of hydrogen-bond acceptors (Lipinski definition) is 5. The van der Waals surface area contributed by atoms with Gasteiger partial charge in [-0.3, -0.25) is 10.0 Å². The lowest BCUT2D eigenvalue weighted by Crippen LogP contribution is -2.40. The quantitative estimate of drug-likeness (QED) is 0.161. The second-order valence-corrected chi connectivity index (χ2v) is 8.95. The minimum absolute atomic E-state index is 0.421. The van der Waals surface area contributed by atoms with Gasteiger partial charge < -0.3 is 4.74 Å². The summed E-state index contributed by atoms with van der Waals surface area (Å²) < 4.78 is 6.58. The summed E-state index contributed by atoms with van der Waals surface area (Å²) in [6, 6.07) is 5.06. The van der Waals surface area contributed by atoms with Gasteiger partial charge in [0.25, 0.3) is 5.91 Å². The van der Waals surface area contributed by atoms with Gasteiger partial charge >= 0.3 is 0 Å². The molecule has 1 aromatic rings. The molecular formula is C25H34N2O4. The molecule has 1 saturated carbocycles. The Labute approximate surface area is 184 Å². The summed E-state index contributed by atoms with van der Waals surface area (Å²) in [4.78, 5) is 23.1. The third-order valence-corrected chi connectivity index (χ3v) is 6.73. The van der Waals surface area contributed by atoms with Gasteiger partial charge in [-0.2, -0.15) is 4.91 Å². The SMILES string of the molecule is CCCCC1(CC=C(C)C2CCCC2)CC(N=O)c2cc(/C=C/C(=O)NO)ccc2O1. The highest BCUT2D eigenvalue weighted by atomic mass is 16.5. The van der Waals surface area contributed by atoms with Crippen molar-refractivity contribution in [2.75, 3.05) is 0 Å². The number of fused-ring (bicyclic) bond motifs is 1. The zero-order valence-electron chi connectivity index (χ0n) is 18.6. The van der Waals surface area contributed by atoms with E-state index >= 15 is 0 Å². The van der Waals surface area contributed by atoms with E-state index < -0.39 is 17.6 Å². The highest BCUT2D eigenvalue weighted by molar-refractivity contribution is 5.90. The number of nitrogens with one attached hydrogen (secondary N) is 1. The zero-order valence-corrected chi connectivity index (χ0v) is 18.6.